The number of nitrogens with zero attached hydrogens (tertiary/aromatic N) is 3. The van der Waals surface area contributed by atoms with E-state index < -0.39 is 0 Å². The molecule has 30 heavy (non-hydrogen) atoms. The van der Waals surface area contributed by atoms with Gasteiger partial charge in [-0.25, -0.2) is 4.79 Å². The largest absolute Gasteiger partial charge is 0.375 e. The highest BCUT2D eigenvalue weighted by Crippen LogP contribution is 2.37. The van der Waals surface area contributed by atoms with Crippen LogP contribution in [0.25, 0.3) is 0 Å². The molecule has 0 aliphatic carbocycles. The second-order valence-corrected chi connectivity index (χ2v) is 8.85. The van der Waals surface area contributed by atoms with E-state index in [0.29, 0.717) is 12.6 Å². The highest BCUT2D eigenvalue weighted by atomic mass is 16.5. The van der Waals surface area contributed by atoms with E-state index in [1.807, 2.05) is 40.1 Å². The quantitative estimate of drug-likeness (QED) is 0.823. The van der Waals surface area contributed by atoms with Crippen molar-refractivity contribution in [2.45, 2.75) is 50.8 Å². The van der Waals surface area contributed by atoms with Crippen molar-refractivity contribution in [2.24, 2.45) is 0 Å². The number of hydrogen-bond donors (Lipinski definition) is 1. The zero-order chi connectivity index (χ0) is 21.0. The normalized spacial score (nSPS) is 24.6. The standard InChI is InChI=1S/C23H34N4O3/c1-19(28)25-12-14-26(15-13-25)21-7-16-30-23(17-21)8-10-27(11-9-23)22(29)24-18-20-5-3-2-4-6-20/h2-6,21H,7-18H2,1H3,(H,24,29). The summed E-state index contributed by atoms with van der Waals surface area (Å²) in [5.74, 6) is 0.177. The number of rotatable bonds is 3. The molecule has 1 unspecified atom stereocenters. The Morgan fingerprint density at radius 3 is 2.40 bits per heavy atom. The molecule has 0 radical (unpaired) electrons. The maximum Gasteiger partial charge on any atom is 0.317 e. The van der Waals surface area contributed by atoms with Crippen molar-refractivity contribution in [3.63, 3.8) is 0 Å². The molecule has 3 fully saturated rings. The summed E-state index contributed by atoms with van der Waals surface area (Å²) in [6, 6.07) is 10.5. The van der Waals surface area contributed by atoms with Gasteiger partial charge >= 0.3 is 6.03 Å². The second-order valence-electron chi connectivity index (χ2n) is 8.85. The van der Waals surface area contributed by atoms with Gasteiger partial charge < -0.3 is 19.9 Å². The molecule has 7 heteroatoms. The molecule has 1 N–H and O–H groups in total. The fourth-order valence-electron chi connectivity index (χ4n) is 5.07. The lowest BCUT2D eigenvalue weighted by atomic mass is 9.81. The molecule has 1 spiro atoms. The highest BCUT2D eigenvalue weighted by Gasteiger charge is 2.43. The van der Waals surface area contributed by atoms with Crippen molar-refractivity contribution >= 4 is 11.9 Å². The fraction of sp³-hybridized carbons (Fsp3) is 0.652. The summed E-state index contributed by atoms with van der Waals surface area (Å²) < 4.78 is 6.29. The monoisotopic (exact) mass is 414 g/mol. The molecule has 0 bridgehead atoms. The van der Waals surface area contributed by atoms with Crippen LogP contribution in [0.3, 0.4) is 0 Å². The minimum absolute atomic E-state index is 0.0152. The van der Waals surface area contributed by atoms with E-state index in [-0.39, 0.29) is 17.5 Å². The van der Waals surface area contributed by atoms with Gasteiger partial charge in [-0.05, 0) is 31.2 Å². The summed E-state index contributed by atoms with van der Waals surface area (Å²) in [6.45, 7) is 8.05. The van der Waals surface area contributed by atoms with Crippen LogP contribution in [0, 0.1) is 0 Å². The van der Waals surface area contributed by atoms with Crippen molar-refractivity contribution in [3.05, 3.63) is 35.9 Å². The average molecular weight is 415 g/mol. The average Bonchev–Trinajstić information content (AvgIpc) is 2.79. The molecule has 3 aliphatic rings. The van der Waals surface area contributed by atoms with E-state index in [4.69, 9.17) is 4.74 Å². The van der Waals surface area contributed by atoms with Crippen molar-refractivity contribution in [3.8, 4) is 0 Å². The Morgan fingerprint density at radius 1 is 1.03 bits per heavy atom. The number of nitrogens with one attached hydrogen (secondary N) is 1. The van der Waals surface area contributed by atoms with Gasteiger partial charge in [0.15, 0.2) is 0 Å². The van der Waals surface area contributed by atoms with E-state index in [0.717, 1.165) is 77.1 Å². The first kappa shape index (κ1) is 21.1. The number of benzene rings is 1. The third-order valence-corrected chi connectivity index (χ3v) is 6.99. The first-order valence-corrected chi connectivity index (χ1v) is 11.2. The summed E-state index contributed by atoms with van der Waals surface area (Å²) in [6.07, 6.45) is 3.89. The summed E-state index contributed by atoms with van der Waals surface area (Å²) in [7, 11) is 0. The minimum Gasteiger partial charge on any atom is -0.375 e. The van der Waals surface area contributed by atoms with Crippen LogP contribution < -0.4 is 5.32 Å². The van der Waals surface area contributed by atoms with E-state index in [2.05, 4.69) is 10.2 Å². The van der Waals surface area contributed by atoms with Crippen molar-refractivity contribution in [2.75, 3.05) is 45.9 Å². The van der Waals surface area contributed by atoms with Gasteiger partial charge in [0.2, 0.25) is 5.91 Å². The van der Waals surface area contributed by atoms with Gasteiger partial charge in [-0.1, -0.05) is 30.3 Å². The Bertz CT molecular complexity index is 725. The predicted molar refractivity (Wildman–Crippen MR) is 115 cm³/mol. The number of urea groups is 1. The SMILES string of the molecule is CC(=O)N1CCN(C2CCOC3(CCN(C(=O)NCc4ccccc4)CC3)C2)CC1. The Balaban J connectivity index is 1.25. The number of carbonyl (C=O) groups is 2. The maximum atomic E-state index is 12.6. The van der Waals surface area contributed by atoms with Crippen molar-refractivity contribution < 1.29 is 14.3 Å². The van der Waals surface area contributed by atoms with Crippen LogP contribution in [0.4, 0.5) is 4.79 Å². The van der Waals surface area contributed by atoms with Crippen LogP contribution >= 0.6 is 0 Å². The molecule has 3 heterocycles. The molecule has 3 aliphatic heterocycles. The zero-order valence-corrected chi connectivity index (χ0v) is 18.0. The van der Waals surface area contributed by atoms with Crippen molar-refractivity contribution in [1.82, 2.24) is 20.0 Å². The van der Waals surface area contributed by atoms with Gasteiger partial charge in [0.05, 0.1) is 5.60 Å². The smallest absolute Gasteiger partial charge is 0.317 e. The third kappa shape index (κ3) is 4.95. The first-order chi connectivity index (χ1) is 14.5. The summed E-state index contributed by atoms with van der Waals surface area (Å²) >= 11 is 0. The number of carbonyl (C=O) groups excluding carboxylic acids is 2. The number of piperazine rings is 1. The fourth-order valence-corrected chi connectivity index (χ4v) is 5.07. The van der Waals surface area contributed by atoms with Crippen LogP contribution in [0.2, 0.25) is 0 Å². The highest BCUT2D eigenvalue weighted by molar-refractivity contribution is 5.74. The van der Waals surface area contributed by atoms with Gasteiger partial charge in [0, 0.05) is 65.4 Å². The number of ether oxygens (including phenoxy) is 1. The minimum atomic E-state index is -0.100. The van der Waals surface area contributed by atoms with E-state index >= 15 is 0 Å². The Kier molecular flexibility index (Phi) is 6.58. The molecular formula is C23H34N4O3. The molecule has 0 saturated carbocycles. The Morgan fingerprint density at radius 2 is 1.73 bits per heavy atom. The molecule has 164 valence electrons. The molecule has 3 amide bonds. The molecule has 7 nitrogen and oxygen atoms in total. The van der Waals surface area contributed by atoms with Crippen LogP contribution in [0.1, 0.15) is 38.2 Å². The molecular weight excluding hydrogens is 380 g/mol. The van der Waals surface area contributed by atoms with Gasteiger partial charge in [0.25, 0.3) is 0 Å². The van der Waals surface area contributed by atoms with E-state index in [9.17, 15) is 9.59 Å². The number of hydrogen-bond acceptors (Lipinski definition) is 4. The maximum absolute atomic E-state index is 12.6. The summed E-state index contributed by atoms with van der Waals surface area (Å²) in [5, 5.41) is 3.04. The molecule has 4 rings (SSSR count). The van der Waals surface area contributed by atoms with Gasteiger partial charge in [-0.2, -0.15) is 0 Å². The lowest BCUT2D eigenvalue weighted by Crippen LogP contribution is -2.58. The van der Waals surface area contributed by atoms with E-state index in [1.54, 1.807) is 6.92 Å². The summed E-state index contributed by atoms with van der Waals surface area (Å²) in [4.78, 5) is 30.6. The lowest BCUT2D eigenvalue weighted by molar-refractivity contribution is -0.139. The van der Waals surface area contributed by atoms with Crippen LogP contribution in [0.5, 0.6) is 0 Å². The van der Waals surface area contributed by atoms with Gasteiger partial charge in [0.1, 0.15) is 0 Å². The Labute approximate surface area is 179 Å². The second kappa shape index (κ2) is 9.35. The van der Waals surface area contributed by atoms with Crippen LogP contribution in [-0.4, -0.2) is 84.2 Å². The van der Waals surface area contributed by atoms with Gasteiger partial charge in [-0.15, -0.1) is 0 Å². The molecule has 1 aromatic rings. The number of likely N-dealkylation sites (tertiary alicyclic amines) is 1. The Hall–Kier alpha value is -2.12. The molecule has 3 saturated heterocycles. The molecule has 1 atom stereocenters. The third-order valence-electron chi connectivity index (χ3n) is 6.99. The lowest BCUT2D eigenvalue weighted by Gasteiger charge is -2.49. The molecule has 0 aromatic heterocycles. The van der Waals surface area contributed by atoms with Gasteiger partial charge in [-0.3, -0.25) is 9.69 Å². The van der Waals surface area contributed by atoms with E-state index in [1.165, 1.54) is 0 Å². The number of piperidine rings is 1. The van der Waals surface area contributed by atoms with Crippen LogP contribution in [-0.2, 0) is 16.1 Å². The summed E-state index contributed by atoms with van der Waals surface area (Å²) in [5.41, 5.74) is 1.01. The number of amides is 3. The molecule has 1 aromatic carbocycles. The topological polar surface area (TPSA) is 65.1 Å². The van der Waals surface area contributed by atoms with Crippen molar-refractivity contribution in [1.29, 1.82) is 0 Å². The first-order valence-electron chi connectivity index (χ1n) is 11.2. The zero-order valence-electron chi connectivity index (χ0n) is 18.0. The van der Waals surface area contributed by atoms with Crippen LogP contribution in [0.15, 0.2) is 30.3 Å². The predicted octanol–water partition coefficient (Wildman–Crippen LogP) is 2.07.